The number of rotatable bonds is 16. The SMILES string of the molecule is C[C@H](NC[C@H](O)c1ccc(O)c(CO)c1)c1ccc(COCC[N+]23CCC(CC2)[C@@H](OC[C@@](O)(c2ccccc2)C2CCCC2)C3)cc1. The van der Waals surface area contributed by atoms with E-state index in [1.165, 1.54) is 44.8 Å². The number of nitrogens with zero attached hydrogens (tertiary/aromatic N) is 1. The predicted octanol–water partition coefficient (Wildman–Crippen LogP) is 5.49. The zero-order valence-corrected chi connectivity index (χ0v) is 28.5. The van der Waals surface area contributed by atoms with Crippen LogP contribution in [-0.2, 0) is 28.3 Å². The highest BCUT2D eigenvalue weighted by Crippen LogP contribution is 2.42. The third-order valence-corrected chi connectivity index (χ3v) is 11.6. The average molecular weight is 660 g/mol. The number of quaternary nitrogens is 1. The Balaban J connectivity index is 0.951. The molecule has 3 aromatic rings. The molecule has 8 heteroatoms. The van der Waals surface area contributed by atoms with E-state index in [0.717, 1.165) is 47.1 Å². The molecular formula is C40H55N2O6+. The van der Waals surface area contributed by atoms with E-state index < -0.39 is 11.7 Å². The van der Waals surface area contributed by atoms with Crippen molar-refractivity contribution in [2.24, 2.45) is 11.8 Å². The minimum Gasteiger partial charge on any atom is -0.508 e. The van der Waals surface area contributed by atoms with Gasteiger partial charge in [-0.3, -0.25) is 0 Å². The van der Waals surface area contributed by atoms with Crippen molar-refractivity contribution in [2.75, 3.05) is 45.9 Å². The van der Waals surface area contributed by atoms with Crippen molar-refractivity contribution < 1.29 is 34.4 Å². The van der Waals surface area contributed by atoms with Crippen molar-refractivity contribution in [1.82, 2.24) is 5.32 Å². The molecular weight excluding hydrogens is 604 g/mol. The minimum absolute atomic E-state index is 0.0284. The normalized spacial score (nSPS) is 25.2. The molecule has 7 rings (SSSR count). The fourth-order valence-corrected chi connectivity index (χ4v) is 8.34. The van der Waals surface area contributed by atoms with Crippen molar-refractivity contribution in [2.45, 2.75) is 82.5 Å². The molecule has 0 aromatic heterocycles. The molecule has 3 aliphatic heterocycles. The molecule has 5 N–H and O–H groups in total. The molecule has 8 nitrogen and oxygen atoms in total. The number of aliphatic hydroxyl groups excluding tert-OH is 2. The highest BCUT2D eigenvalue weighted by atomic mass is 16.5. The first-order valence-corrected chi connectivity index (χ1v) is 18.0. The molecule has 0 spiro atoms. The van der Waals surface area contributed by atoms with Crippen molar-refractivity contribution in [3.63, 3.8) is 0 Å². The van der Waals surface area contributed by atoms with Crippen LogP contribution in [0.5, 0.6) is 5.75 Å². The van der Waals surface area contributed by atoms with E-state index in [-0.39, 0.29) is 30.4 Å². The summed E-state index contributed by atoms with van der Waals surface area (Å²) in [5.41, 5.74) is 3.40. The molecule has 3 aromatic carbocycles. The van der Waals surface area contributed by atoms with Crippen LogP contribution in [0.3, 0.4) is 0 Å². The quantitative estimate of drug-likeness (QED) is 0.102. The molecule has 4 fully saturated rings. The van der Waals surface area contributed by atoms with Crippen molar-refractivity contribution >= 4 is 0 Å². The number of piperidine rings is 3. The van der Waals surface area contributed by atoms with Gasteiger partial charge in [0.1, 0.15) is 30.5 Å². The van der Waals surface area contributed by atoms with Crippen LogP contribution in [0, 0.1) is 11.8 Å². The smallest absolute Gasteiger partial charge is 0.121 e. The number of hydrogen-bond acceptors (Lipinski definition) is 7. The third-order valence-electron chi connectivity index (χ3n) is 11.6. The lowest BCUT2D eigenvalue weighted by atomic mass is 9.80. The van der Waals surface area contributed by atoms with Crippen LogP contribution in [-0.4, -0.2) is 77.0 Å². The van der Waals surface area contributed by atoms with Crippen molar-refractivity contribution in [3.8, 4) is 5.75 Å². The Kier molecular flexibility index (Phi) is 11.5. The van der Waals surface area contributed by atoms with Gasteiger partial charge in [-0.15, -0.1) is 0 Å². The topological polar surface area (TPSA) is 111 Å². The number of ether oxygens (including phenoxy) is 2. The summed E-state index contributed by atoms with van der Waals surface area (Å²) in [7, 11) is 0. The fourth-order valence-electron chi connectivity index (χ4n) is 8.34. The first-order chi connectivity index (χ1) is 23.3. The van der Waals surface area contributed by atoms with E-state index in [1.54, 1.807) is 12.1 Å². The number of fused-ring (bicyclic) bond motifs is 3. The summed E-state index contributed by atoms with van der Waals surface area (Å²) in [4.78, 5) is 0. The minimum atomic E-state index is -0.915. The Morgan fingerprint density at radius 1 is 0.938 bits per heavy atom. The van der Waals surface area contributed by atoms with Crippen LogP contribution in [0.1, 0.15) is 85.4 Å². The summed E-state index contributed by atoms with van der Waals surface area (Å²) in [5.74, 6) is 0.873. The lowest BCUT2D eigenvalue weighted by Gasteiger charge is -2.52. The summed E-state index contributed by atoms with van der Waals surface area (Å²) in [5, 5.41) is 45.2. The van der Waals surface area contributed by atoms with Crippen LogP contribution in [0.15, 0.2) is 72.8 Å². The lowest BCUT2D eigenvalue weighted by Crippen LogP contribution is -2.65. The molecule has 260 valence electrons. The molecule has 0 unspecified atom stereocenters. The molecule has 1 saturated carbocycles. The fraction of sp³-hybridized carbons (Fsp3) is 0.550. The van der Waals surface area contributed by atoms with Gasteiger partial charge in [0, 0.05) is 36.9 Å². The molecule has 48 heavy (non-hydrogen) atoms. The van der Waals surface area contributed by atoms with Gasteiger partial charge in [0.05, 0.1) is 45.6 Å². The van der Waals surface area contributed by atoms with Crippen LogP contribution >= 0.6 is 0 Å². The summed E-state index contributed by atoms with van der Waals surface area (Å²) in [6.45, 7) is 8.17. The van der Waals surface area contributed by atoms with Crippen molar-refractivity contribution in [3.05, 3.63) is 101 Å². The third kappa shape index (κ3) is 8.13. The zero-order chi connectivity index (χ0) is 33.6. The van der Waals surface area contributed by atoms with Gasteiger partial charge in [0.2, 0.25) is 0 Å². The van der Waals surface area contributed by atoms with Gasteiger partial charge in [0.15, 0.2) is 0 Å². The number of benzene rings is 3. The van der Waals surface area contributed by atoms with Gasteiger partial charge >= 0.3 is 0 Å². The van der Waals surface area contributed by atoms with E-state index in [4.69, 9.17) is 9.47 Å². The van der Waals surface area contributed by atoms with Crippen molar-refractivity contribution in [1.29, 1.82) is 0 Å². The summed E-state index contributed by atoms with van der Waals surface area (Å²) in [6.07, 6.45) is 6.31. The van der Waals surface area contributed by atoms with Crippen LogP contribution in [0.4, 0.5) is 0 Å². The first kappa shape index (κ1) is 35.0. The molecule has 0 amide bonds. The summed E-state index contributed by atoms with van der Waals surface area (Å²) in [6, 6.07) is 23.5. The van der Waals surface area contributed by atoms with Gasteiger partial charge in [-0.25, -0.2) is 0 Å². The monoisotopic (exact) mass is 659 g/mol. The Bertz CT molecular complexity index is 1440. The Morgan fingerprint density at radius 2 is 1.65 bits per heavy atom. The highest BCUT2D eigenvalue weighted by molar-refractivity contribution is 5.36. The average Bonchev–Trinajstić information content (AvgIpc) is 3.69. The number of aromatic hydroxyl groups is 1. The molecule has 4 atom stereocenters. The van der Waals surface area contributed by atoms with E-state index in [1.807, 2.05) is 18.2 Å². The van der Waals surface area contributed by atoms with E-state index in [9.17, 15) is 20.4 Å². The van der Waals surface area contributed by atoms with Gasteiger partial charge in [-0.05, 0) is 60.1 Å². The predicted molar refractivity (Wildman–Crippen MR) is 186 cm³/mol. The maximum Gasteiger partial charge on any atom is 0.121 e. The Morgan fingerprint density at radius 3 is 2.35 bits per heavy atom. The standard InChI is InChI=1S/C40H54N2O6/c1-29(41-24-38(45)33-15-16-37(44)34(23-33)26-43)31-13-11-30(12-14-31)27-47-22-21-42-19-17-32(18-20-42)39(25-42)48-28-40(46,36-9-5-6-10-36)35-7-3-2-4-8-35/h2-4,7-8,11-16,23,29,32,36,38-39,41,43,45-46H,5-6,9-10,17-22,24-28H2,1H3/p+1/t29-,32?,38-,39-,40+,42?/m0/s1. The Hall–Kier alpha value is -2.82. The molecule has 1 aliphatic carbocycles. The second kappa shape index (κ2) is 15.8. The van der Waals surface area contributed by atoms with E-state index in [2.05, 4.69) is 48.6 Å². The highest BCUT2D eigenvalue weighted by Gasteiger charge is 2.48. The number of aliphatic hydroxyl groups is 3. The second-order valence-electron chi connectivity index (χ2n) is 14.6. The number of hydrogen-bond donors (Lipinski definition) is 5. The molecule has 0 radical (unpaired) electrons. The van der Waals surface area contributed by atoms with Crippen LogP contribution < -0.4 is 5.32 Å². The van der Waals surface area contributed by atoms with Gasteiger partial charge < -0.3 is 39.7 Å². The molecule has 2 bridgehead atoms. The maximum atomic E-state index is 12.0. The summed E-state index contributed by atoms with van der Waals surface area (Å²) < 4.78 is 14.0. The van der Waals surface area contributed by atoms with Crippen LogP contribution in [0.2, 0.25) is 0 Å². The number of nitrogens with one attached hydrogen (secondary N) is 1. The molecule has 3 heterocycles. The van der Waals surface area contributed by atoms with E-state index >= 15 is 0 Å². The second-order valence-corrected chi connectivity index (χ2v) is 14.6. The first-order valence-electron chi connectivity index (χ1n) is 18.0. The molecule has 4 aliphatic rings. The lowest BCUT2D eigenvalue weighted by molar-refractivity contribution is -0.946. The zero-order valence-electron chi connectivity index (χ0n) is 28.5. The molecule has 3 saturated heterocycles. The Labute approximate surface area is 285 Å². The van der Waals surface area contributed by atoms with Gasteiger partial charge in [0.25, 0.3) is 0 Å². The maximum absolute atomic E-state index is 12.0. The van der Waals surface area contributed by atoms with E-state index in [0.29, 0.717) is 43.4 Å². The largest absolute Gasteiger partial charge is 0.508 e. The van der Waals surface area contributed by atoms with Gasteiger partial charge in [-0.2, -0.15) is 0 Å². The van der Waals surface area contributed by atoms with Crippen LogP contribution in [0.25, 0.3) is 0 Å². The number of phenols is 1. The summed E-state index contributed by atoms with van der Waals surface area (Å²) >= 11 is 0. The van der Waals surface area contributed by atoms with Gasteiger partial charge in [-0.1, -0.05) is 73.5 Å².